The van der Waals surface area contributed by atoms with Crippen molar-refractivity contribution in [2.75, 3.05) is 13.2 Å². The maximum atomic E-state index is 11.8. The molecule has 1 N–H and O–H groups in total. The normalized spacial score (nSPS) is 20.0. The number of rotatable bonds is 3. The molecule has 0 unspecified atom stereocenters. The molecule has 5 heteroatoms. The highest BCUT2D eigenvalue weighted by atomic mass is 16.5. The predicted molar refractivity (Wildman–Crippen MR) is 59.3 cm³/mol. The highest BCUT2D eigenvalue weighted by Crippen LogP contribution is 2.11. The van der Waals surface area contributed by atoms with Gasteiger partial charge in [-0.2, -0.15) is 5.10 Å². The van der Waals surface area contributed by atoms with Gasteiger partial charge in [0.2, 0.25) is 0 Å². The van der Waals surface area contributed by atoms with Crippen molar-refractivity contribution in [2.45, 2.75) is 25.9 Å². The van der Waals surface area contributed by atoms with Crippen LogP contribution in [0.4, 0.5) is 0 Å². The van der Waals surface area contributed by atoms with Crippen LogP contribution >= 0.6 is 0 Å². The second-order valence-corrected chi connectivity index (χ2v) is 4.15. The molecule has 0 spiro atoms. The molecule has 1 amide bonds. The third kappa shape index (κ3) is 2.41. The molecule has 1 aliphatic rings. The molecule has 5 nitrogen and oxygen atoms in total. The van der Waals surface area contributed by atoms with Crippen molar-refractivity contribution in [3.63, 3.8) is 0 Å². The zero-order chi connectivity index (χ0) is 11.5. The summed E-state index contributed by atoms with van der Waals surface area (Å²) < 4.78 is 7.09. The number of amides is 1. The third-order valence-corrected chi connectivity index (χ3v) is 2.77. The molecule has 0 saturated carbocycles. The predicted octanol–water partition coefficient (Wildman–Crippen LogP) is 0.637. The largest absolute Gasteiger partial charge is 0.376 e. The molecule has 1 aromatic heterocycles. The fourth-order valence-corrected chi connectivity index (χ4v) is 1.93. The number of aryl methyl sites for hydroxylation is 2. The molecule has 1 aromatic rings. The van der Waals surface area contributed by atoms with Crippen LogP contribution in [0.3, 0.4) is 0 Å². The van der Waals surface area contributed by atoms with Crippen LogP contribution in [0.25, 0.3) is 0 Å². The molecular formula is C11H17N3O2. The Morgan fingerprint density at radius 3 is 3.12 bits per heavy atom. The lowest BCUT2D eigenvalue weighted by Crippen LogP contribution is -2.31. The fraction of sp³-hybridized carbons (Fsp3) is 0.636. The topological polar surface area (TPSA) is 56.2 Å². The van der Waals surface area contributed by atoms with Crippen LogP contribution in [-0.2, 0) is 11.8 Å². The Balaban J connectivity index is 1.90. The summed E-state index contributed by atoms with van der Waals surface area (Å²) in [6, 6.07) is 0. The monoisotopic (exact) mass is 223 g/mol. The van der Waals surface area contributed by atoms with Gasteiger partial charge in [0.25, 0.3) is 5.91 Å². The number of hydrogen-bond acceptors (Lipinski definition) is 3. The van der Waals surface area contributed by atoms with Crippen LogP contribution in [0.15, 0.2) is 6.20 Å². The minimum absolute atomic E-state index is 0.0684. The van der Waals surface area contributed by atoms with Gasteiger partial charge in [-0.3, -0.25) is 9.48 Å². The number of carbonyl (C=O) groups is 1. The molecule has 0 radical (unpaired) electrons. The number of aromatic nitrogens is 2. The SMILES string of the molecule is Cc1nn(C)cc1C(=O)NC[C@@H]1CCCO1. The van der Waals surface area contributed by atoms with Crippen molar-refractivity contribution < 1.29 is 9.53 Å². The van der Waals surface area contributed by atoms with E-state index in [1.807, 2.05) is 14.0 Å². The van der Waals surface area contributed by atoms with Crippen LogP contribution in [0.5, 0.6) is 0 Å². The van der Waals surface area contributed by atoms with Crippen molar-refractivity contribution in [1.29, 1.82) is 0 Å². The highest BCUT2D eigenvalue weighted by Gasteiger charge is 2.18. The fourth-order valence-electron chi connectivity index (χ4n) is 1.93. The van der Waals surface area contributed by atoms with E-state index in [1.54, 1.807) is 10.9 Å². The molecule has 2 rings (SSSR count). The summed E-state index contributed by atoms with van der Waals surface area (Å²) in [5.41, 5.74) is 1.40. The third-order valence-electron chi connectivity index (χ3n) is 2.77. The first kappa shape index (κ1) is 11.1. The van der Waals surface area contributed by atoms with Gasteiger partial charge < -0.3 is 10.1 Å². The van der Waals surface area contributed by atoms with E-state index >= 15 is 0 Å². The first-order valence-corrected chi connectivity index (χ1v) is 5.57. The van der Waals surface area contributed by atoms with E-state index in [0.717, 1.165) is 25.1 Å². The average Bonchev–Trinajstić information content (AvgIpc) is 2.84. The van der Waals surface area contributed by atoms with Crippen molar-refractivity contribution in [3.8, 4) is 0 Å². The van der Waals surface area contributed by atoms with E-state index in [9.17, 15) is 4.79 Å². The lowest BCUT2D eigenvalue weighted by Gasteiger charge is -2.10. The molecule has 0 aliphatic carbocycles. The van der Waals surface area contributed by atoms with E-state index in [-0.39, 0.29) is 12.0 Å². The van der Waals surface area contributed by atoms with Gasteiger partial charge in [-0.25, -0.2) is 0 Å². The summed E-state index contributed by atoms with van der Waals surface area (Å²) in [5.74, 6) is -0.0684. The standard InChI is InChI=1S/C11H17N3O2/c1-8-10(7-14(2)13-8)11(15)12-6-9-4-3-5-16-9/h7,9H,3-6H2,1-2H3,(H,12,15)/t9-/m0/s1. The first-order valence-electron chi connectivity index (χ1n) is 5.57. The Kier molecular flexibility index (Phi) is 3.24. The Hall–Kier alpha value is -1.36. The van der Waals surface area contributed by atoms with Crippen molar-refractivity contribution in [1.82, 2.24) is 15.1 Å². The molecular weight excluding hydrogens is 206 g/mol. The van der Waals surface area contributed by atoms with Gasteiger partial charge in [0, 0.05) is 26.4 Å². The summed E-state index contributed by atoms with van der Waals surface area (Å²) in [4.78, 5) is 11.8. The second kappa shape index (κ2) is 4.65. The van der Waals surface area contributed by atoms with Gasteiger partial charge in [0.05, 0.1) is 17.4 Å². The highest BCUT2D eigenvalue weighted by molar-refractivity contribution is 5.94. The summed E-state index contributed by atoms with van der Waals surface area (Å²) >= 11 is 0. The first-order chi connectivity index (χ1) is 7.66. The zero-order valence-electron chi connectivity index (χ0n) is 9.69. The van der Waals surface area contributed by atoms with Gasteiger partial charge in [-0.1, -0.05) is 0 Å². The Morgan fingerprint density at radius 1 is 1.75 bits per heavy atom. The average molecular weight is 223 g/mol. The molecule has 0 aromatic carbocycles. The Labute approximate surface area is 94.8 Å². The van der Waals surface area contributed by atoms with Crippen LogP contribution in [0.1, 0.15) is 28.9 Å². The number of nitrogens with zero attached hydrogens (tertiary/aromatic N) is 2. The maximum Gasteiger partial charge on any atom is 0.254 e. The number of ether oxygens (including phenoxy) is 1. The van der Waals surface area contributed by atoms with Crippen molar-refractivity contribution in [3.05, 3.63) is 17.5 Å². The molecule has 1 fully saturated rings. The summed E-state index contributed by atoms with van der Waals surface area (Å²) in [5, 5.41) is 7.01. The molecule has 1 atom stereocenters. The van der Waals surface area contributed by atoms with Gasteiger partial charge in [-0.05, 0) is 19.8 Å². The van der Waals surface area contributed by atoms with Crippen LogP contribution in [0, 0.1) is 6.92 Å². The van der Waals surface area contributed by atoms with Crippen molar-refractivity contribution in [2.24, 2.45) is 7.05 Å². The number of hydrogen-bond donors (Lipinski definition) is 1. The second-order valence-electron chi connectivity index (χ2n) is 4.15. The minimum Gasteiger partial charge on any atom is -0.376 e. The summed E-state index contributed by atoms with van der Waals surface area (Å²) in [6.07, 6.45) is 4.04. The number of nitrogens with one attached hydrogen (secondary N) is 1. The van der Waals surface area contributed by atoms with Crippen LogP contribution in [0.2, 0.25) is 0 Å². The molecule has 1 saturated heterocycles. The van der Waals surface area contributed by atoms with Crippen LogP contribution < -0.4 is 5.32 Å². The summed E-state index contributed by atoms with van der Waals surface area (Å²) in [6.45, 7) is 3.24. The molecule has 16 heavy (non-hydrogen) atoms. The Morgan fingerprint density at radius 2 is 2.56 bits per heavy atom. The molecule has 0 bridgehead atoms. The Bertz CT molecular complexity index is 381. The molecule has 1 aliphatic heterocycles. The minimum atomic E-state index is -0.0684. The van der Waals surface area contributed by atoms with Crippen LogP contribution in [-0.4, -0.2) is 34.9 Å². The van der Waals surface area contributed by atoms with E-state index in [0.29, 0.717) is 12.1 Å². The van der Waals surface area contributed by atoms with E-state index in [4.69, 9.17) is 4.74 Å². The maximum absolute atomic E-state index is 11.8. The number of carbonyl (C=O) groups excluding carboxylic acids is 1. The van der Waals surface area contributed by atoms with E-state index < -0.39 is 0 Å². The van der Waals surface area contributed by atoms with E-state index in [2.05, 4.69) is 10.4 Å². The van der Waals surface area contributed by atoms with Gasteiger partial charge in [0.15, 0.2) is 0 Å². The van der Waals surface area contributed by atoms with Gasteiger partial charge in [0.1, 0.15) is 0 Å². The summed E-state index contributed by atoms with van der Waals surface area (Å²) in [7, 11) is 1.81. The lowest BCUT2D eigenvalue weighted by molar-refractivity contribution is 0.0857. The lowest BCUT2D eigenvalue weighted by atomic mass is 10.2. The quantitative estimate of drug-likeness (QED) is 0.818. The molecule has 2 heterocycles. The smallest absolute Gasteiger partial charge is 0.254 e. The zero-order valence-corrected chi connectivity index (χ0v) is 9.69. The van der Waals surface area contributed by atoms with E-state index in [1.165, 1.54) is 0 Å². The van der Waals surface area contributed by atoms with Gasteiger partial charge in [-0.15, -0.1) is 0 Å². The molecule has 88 valence electrons. The van der Waals surface area contributed by atoms with Gasteiger partial charge >= 0.3 is 0 Å². The van der Waals surface area contributed by atoms with Crippen molar-refractivity contribution >= 4 is 5.91 Å².